The zero-order valence-electron chi connectivity index (χ0n) is 11.1. The SMILES string of the molecule is COc1ccc2nc(N)n(-c3ccc(Br)cc3C)c2n1. The summed E-state index contributed by atoms with van der Waals surface area (Å²) in [5, 5.41) is 0. The maximum atomic E-state index is 6.04. The molecule has 102 valence electrons. The van der Waals surface area contributed by atoms with Gasteiger partial charge in [0.25, 0.3) is 0 Å². The van der Waals surface area contributed by atoms with Crippen molar-refractivity contribution in [1.82, 2.24) is 14.5 Å². The monoisotopic (exact) mass is 332 g/mol. The van der Waals surface area contributed by atoms with Crippen molar-refractivity contribution in [3.05, 3.63) is 40.4 Å². The lowest BCUT2D eigenvalue weighted by atomic mass is 10.2. The molecule has 6 heteroatoms. The molecule has 1 aromatic carbocycles. The number of pyridine rings is 1. The van der Waals surface area contributed by atoms with Gasteiger partial charge in [-0.05, 0) is 36.8 Å². The summed E-state index contributed by atoms with van der Waals surface area (Å²) in [7, 11) is 1.59. The molecule has 0 fully saturated rings. The first kappa shape index (κ1) is 12.9. The van der Waals surface area contributed by atoms with E-state index in [-0.39, 0.29) is 0 Å². The Labute approximate surface area is 124 Å². The Morgan fingerprint density at radius 2 is 2.00 bits per heavy atom. The summed E-state index contributed by atoms with van der Waals surface area (Å²) in [6.07, 6.45) is 0. The Bertz CT molecular complexity index is 797. The van der Waals surface area contributed by atoms with Gasteiger partial charge < -0.3 is 10.5 Å². The van der Waals surface area contributed by atoms with Gasteiger partial charge in [0, 0.05) is 10.5 Å². The van der Waals surface area contributed by atoms with Crippen LogP contribution in [0.2, 0.25) is 0 Å². The lowest BCUT2D eigenvalue weighted by molar-refractivity contribution is 0.399. The summed E-state index contributed by atoms with van der Waals surface area (Å²) in [5.74, 6) is 0.944. The third-order valence-electron chi connectivity index (χ3n) is 3.11. The van der Waals surface area contributed by atoms with Gasteiger partial charge in [-0.1, -0.05) is 15.9 Å². The highest BCUT2D eigenvalue weighted by molar-refractivity contribution is 9.10. The third kappa shape index (κ3) is 2.02. The van der Waals surface area contributed by atoms with Crippen LogP contribution in [0.4, 0.5) is 5.95 Å². The van der Waals surface area contributed by atoms with Crippen LogP contribution in [0.1, 0.15) is 5.56 Å². The van der Waals surface area contributed by atoms with Crippen LogP contribution < -0.4 is 10.5 Å². The van der Waals surface area contributed by atoms with Gasteiger partial charge in [0.05, 0.1) is 12.8 Å². The van der Waals surface area contributed by atoms with Crippen molar-refractivity contribution in [3.8, 4) is 11.6 Å². The van der Waals surface area contributed by atoms with Crippen molar-refractivity contribution in [1.29, 1.82) is 0 Å². The third-order valence-corrected chi connectivity index (χ3v) is 3.61. The molecule has 0 spiro atoms. The molecule has 3 rings (SSSR count). The molecule has 0 radical (unpaired) electrons. The zero-order valence-corrected chi connectivity index (χ0v) is 12.7. The van der Waals surface area contributed by atoms with Crippen LogP contribution >= 0.6 is 15.9 Å². The summed E-state index contributed by atoms with van der Waals surface area (Å²) >= 11 is 3.46. The number of nitrogens with zero attached hydrogens (tertiary/aromatic N) is 3. The molecule has 0 saturated heterocycles. The highest BCUT2D eigenvalue weighted by Crippen LogP contribution is 2.27. The molecule has 2 aromatic heterocycles. The Hall–Kier alpha value is -2.08. The second kappa shape index (κ2) is 4.79. The highest BCUT2D eigenvalue weighted by Gasteiger charge is 2.14. The molecule has 0 unspecified atom stereocenters. The average molecular weight is 333 g/mol. The van der Waals surface area contributed by atoms with Crippen LogP contribution in [-0.4, -0.2) is 21.6 Å². The summed E-state index contributed by atoms with van der Waals surface area (Å²) < 4.78 is 8.02. The molecule has 0 bridgehead atoms. The number of imidazole rings is 1. The zero-order chi connectivity index (χ0) is 14.3. The number of methoxy groups -OCH3 is 1. The number of aromatic nitrogens is 3. The Morgan fingerprint density at radius 3 is 2.70 bits per heavy atom. The van der Waals surface area contributed by atoms with Gasteiger partial charge >= 0.3 is 0 Å². The topological polar surface area (TPSA) is 66.0 Å². The van der Waals surface area contributed by atoms with Gasteiger partial charge in [-0.15, -0.1) is 0 Å². The Balaban J connectivity index is 2.31. The van der Waals surface area contributed by atoms with Gasteiger partial charge in [0.1, 0.15) is 5.52 Å². The number of rotatable bonds is 2. The minimum atomic E-state index is 0.408. The number of ether oxygens (including phenoxy) is 1. The minimum absolute atomic E-state index is 0.408. The van der Waals surface area contributed by atoms with E-state index < -0.39 is 0 Å². The number of fused-ring (bicyclic) bond motifs is 1. The summed E-state index contributed by atoms with van der Waals surface area (Å²) in [5.41, 5.74) is 9.50. The number of hydrogen-bond donors (Lipinski definition) is 1. The van der Waals surface area contributed by atoms with Gasteiger partial charge in [-0.25, -0.2) is 4.98 Å². The first-order chi connectivity index (χ1) is 9.60. The standard InChI is InChI=1S/C14H13BrN4O/c1-8-7-9(15)3-5-11(8)19-13-10(17-14(19)16)4-6-12(18-13)20-2/h3-7H,1-2H3,(H2,16,17). The predicted octanol–water partition coefficient (Wildman–Crippen LogP) is 3.08. The van der Waals surface area contributed by atoms with E-state index in [1.165, 1.54) is 0 Å². The van der Waals surface area contributed by atoms with E-state index in [4.69, 9.17) is 10.5 Å². The van der Waals surface area contributed by atoms with Crippen LogP contribution in [0, 0.1) is 6.92 Å². The van der Waals surface area contributed by atoms with Crippen molar-refractivity contribution < 1.29 is 4.74 Å². The second-order valence-corrected chi connectivity index (χ2v) is 5.35. The van der Waals surface area contributed by atoms with E-state index in [0.29, 0.717) is 17.5 Å². The highest BCUT2D eigenvalue weighted by atomic mass is 79.9. The summed E-state index contributed by atoms with van der Waals surface area (Å²) in [6, 6.07) is 9.60. The second-order valence-electron chi connectivity index (χ2n) is 4.43. The molecular weight excluding hydrogens is 320 g/mol. The van der Waals surface area contributed by atoms with Gasteiger partial charge in [-0.3, -0.25) is 4.57 Å². The lowest BCUT2D eigenvalue weighted by Crippen LogP contribution is -2.03. The fourth-order valence-electron chi connectivity index (χ4n) is 2.18. The molecule has 2 N–H and O–H groups in total. The van der Waals surface area contributed by atoms with E-state index in [1.807, 2.05) is 35.8 Å². The number of hydrogen-bond acceptors (Lipinski definition) is 4. The quantitative estimate of drug-likeness (QED) is 0.783. The van der Waals surface area contributed by atoms with E-state index in [2.05, 4.69) is 25.9 Å². The molecule has 2 heterocycles. The van der Waals surface area contributed by atoms with Crippen molar-refractivity contribution in [3.63, 3.8) is 0 Å². The number of nitrogen functional groups attached to an aromatic ring is 1. The number of nitrogens with two attached hydrogens (primary N) is 1. The largest absolute Gasteiger partial charge is 0.481 e. The molecule has 5 nitrogen and oxygen atoms in total. The summed E-state index contributed by atoms with van der Waals surface area (Å²) in [6.45, 7) is 2.02. The van der Waals surface area contributed by atoms with Crippen LogP contribution in [0.5, 0.6) is 5.88 Å². The lowest BCUT2D eigenvalue weighted by Gasteiger charge is -2.10. The van der Waals surface area contributed by atoms with Crippen LogP contribution in [0.3, 0.4) is 0 Å². The van der Waals surface area contributed by atoms with E-state index in [1.54, 1.807) is 13.2 Å². The molecule has 0 aliphatic carbocycles. The normalized spacial score (nSPS) is 10.9. The first-order valence-corrected chi connectivity index (χ1v) is 6.85. The number of benzene rings is 1. The average Bonchev–Trinajstić information content (AvgIpc) is 2.74. The van der Waals surface area contributed by atoms with Crippen LogP contribution in [0.15, 0.2) is 34.8 Å². The van der Waals surface area contributed by atoms with Crippen molar-refractivity contribution in [2.45, 2.75) is 6.92 Å². The predicted molar refractivity (Wildman–Crippen MR) is 82.3 cm³/mol. The van der Waals surface area contributed by atoms with E-state index in [9.17, 15) is 0 Å². The smallest absolute Gasteiger partial charge is 0.215 e. The maximum Gasteiger partial charge on any atom is 0.215 e. The first-order valence-electron chi connectivity index (χ1n) is 6.05. The number of aryl methyl sites for hydroxylation is 1. The minimum Gasteiger partial charge on any atom is -0.481 e. The fourth-order valence-corrected chi connectivity index (χ4v) is 2.65. The van der Waals surface area contributed by atoms with Gasteiger partial charge in [-0.2, -0.15) is 4.98 Å². The maximum absolute atomic E-state index is 6.04. The summed E-state index contributed by atoms with van der Waals surface area (Å²) in [4.78, 5) is 8.78. The fraction of sp³-hybridized carbons (Fsp3) is 0.143. The molecule has 3 aromatic rings. The van der Waals surface area contributed by atoms with Crippen molar-refractivity contribution in [2.24, 2.45) is 0 Å². The molecule has 0 aliphatic heterocycles. The van der Waals surface area contributed by atoms with Crippen molar-refractivity contribution in [2.75, 3.05) is 12.8 Å². The van der Waals surface area contributed by atoms with E-state index >= 15 is 0 Å². The van der Waals surface area contributed by atoms with Gasteiger partial charge in [0.15, 0.2) is 5.65 Å². The van der Waals surface area contributed by atoms with Crippen LogP contribution in [-0.2, 0) is 0 Å². The molecule has 0 saturated carbocycles. The number of halogens is 1. The molecule has 0 aliphatic rings. The van der Waals surface area contributed by atoms with Crippen LogP contribution in [0.25, 0.3) is 16.9 Å². The molecular formula is C14H13BrN4O. The Kier molecular flexibility index (Phi) is 3.10. The van der Waals surface area contributed by atoms with Crippen molar-refractivity contribution >= 4 is 33.0 Å². The van der Waals surface area contributed by atoms with Gasteiger partial charge in [0.2, 0.25) is 11.8 Å². The molecule has 20 heavy (non-hydrogen) atoms. The molecule has 0 amide bonds. The number of anilines is 1. The molecule has 0 atom stereocenters. The Morgan fingerprint density at radius 1 is 1.20 bits per heavy atom. The van der Waals surface area contributed by atoms with E-state index in [0.717, 1.165) is 21.2 Å².